The van der Waals surface area contributed by atoms with E-state index in [0.717, 1.165) is 0 Å². The highest BCUT2D eigenvalue weighted by Gasteiger charge is 2.35. The lowest BCUT2D eigenvalue weighted by Crippen LogP contribution is -2.38. The lowest BCUT2D eigenvalue weighted by Gasteiger charge is -2.14. The van der Waals surface area contributed by atoms with Crippen molar-refractivity contribution in [2.75, 3.05) is 19.0 Å². The second kappa shape index (κ2) is 11.5. The fourth-order valence-corrected chi connectivity index (χ4v) is 3.92. The van der Waals surface area contributed by atoms with Crippen molar-refractivity contribution in [3.63, 3.8) is 0 Å². The summed E-state index contributed by atoms with van der Waals surface area (Å²) >= 11 is 6.43. The van der Waals surface area contributed by atoms with Crippen LogP contribution in [-0.4, -0.2) is 36.4 Å². The molecular weight excluding hydrogens is 515 g/mol. The quantitative estimate of drug-likeness (QED) is 0.325. The second-order valence-electron chi connectivity index (χ2n) is 8.00. The lowest BCUT2D eigenvalue weighted by molar-refractivity contribution is -0.127. The Labute approximate surface area is 222 Å². The van der Waals surface area contributed by atoms with Crippen LogP contribution in [0, 0.1) is 17.1 Å². The number of hydrogen-bond acceptors (Lipinski definition) is 6. The van der Waals surface area contributed by atoms with Crippen molar-refractivity contribution in [1.29, 1.82) is 5.26 Å². The van der Waals surface area contributed by atoms with Gasteiger partial charge in [-0.05, 0) is 42.0 Å². The van der Waals surface area contributed by atoms with Gasteiger partial charge in [-0.15, -0.1) is 0 Å². The van der Waals surface area contributed by atoms with Gasteiger partial charge < -0.3 is 20.1 Å². The zero-order valence-corrected chi connectivity index (χ0v) is 20.7. The summed E-state index contributed by atoms with van der Waals surface area (Å²) in [5.41, 5.74) is 1.38. The summed E-state index contributed by atoms with van der Waals surface area (Å²) in [4.78, 5) is 38.2. The third-order valence-corrected chi connectivity index (χ3v) is 5.77. The molecule has 3 aromatic rings. The highest BCUT2D eigenvalue weighted by molar-refractivity contribution is 6.32. The van der Waals surface area contributed by atoms with Gasteiger partial charge in [-0.25, -0.2) is 14.1 Å². The molecule has 1 saturated heterocycles. The highest BCUT2D eigenvalue weighted by Crippen LogP contribution is 2.38. The van der Waals surface area contributed by atoms with E-state index in [9.17, 15) is 24.0 Å². The lowest BCUT2D eigenvalue weighted by atomic mass is 10.1. The zero-order chi connectivity index (χ0) is 27.2. The molecular formula is C27H20ClFN4O5. The number of nitriles is 1. The molecule has 0 aromatic heterocycles. The fraction of sp³-hybridized carbons (Fsp3) is 0.111. The number of amides is 4. The number of anilines is 1. The van der Waals surface area contributed by atoms with Gasteiger partial charge in [0.15, 0.2) is 11.5 Å². The third-order valence-electron chi connectivity index (χ3n) is 5.48. The molecule has 4 amide bonds. The molecule has 0 bridgehead atoms. The van der Waals surface area contributed by atoms with Crippen LogP contribution < -0.4 is 20.1 Å². The number of halogens is 2. The molecule has 0 radical (unpaired) electrons. The number of imide groups is 1. The summed E-state index contributed by atoms with van der Waals surface area (Å²) in [6.07, 6.45) is 1.37. The minimum absolute atomic E-state index is 0.0682. The number of hydrogen-bond donors (Lipinski definition) is 2. The number of methoxy groups -OCH3 is 1. The number of urea groups is 1. The normalized spacial score (nSPS) is 13.7. The summed E-state index contributed by atoms with van der Waals surface area (Å²) in [5.74, 6) is -1.65. The van der Waals surface area contributed by atoms with E-state index in [2.05, 4.69) is 16.7 Å². The Morgan fingerprint density at radius 1 is 1.18 bits per heavy atom. The molecule has 1 heterocycles. The van der Waals surface area contributed by atoms with E-state index in [4.69, 9.17) is 21.1 Å². The van der Waals surface area contributed by atoms with Crippen LogP contribution in [0.5, 0.6) is 11.5 Å². The molecule has 38 heavy (non-hydrogen) atoms. The monoisotopic (exact) mass is 534 g/mol. The average molecular weight is 535 g/mol. The van der Waals surface area contributed by atoms with Gasteiger partial charge in [0.05, 0.1) is 29.5 Å². The van der Waals surface area contributed by atoms with Crippen molar-refractivity contribution in [3.8, 4) is 17.6 Å². The molecule has 0 saturated carbocycles. The third kappa shape index (κ3) is 5.74. The largest absolute Gasteiger partial charge is 0.493 e. The Morgan fingerprint density at radius 2 is 1.92 bits per heavy atom. The van der Waals surface area contributed by atoms with Crippen LogP contribution in [-0.2, 0) is 16.2 Å². The number of benzene rings is 3. The zero-order valence-electron chi connectivity index (χ0n) is 20.0. The first-order chi connectivity index (χ1) is 18.3. The van der Waals surface area contributed by atoms with Crippen LogP contribution >= 0.6 is 11.6 Å². The van der Waals surface area contributed by atoms with E-state index >= 15 is 0 Å². The topological polar surface area (TPSA) is 121 Å². The standard InChI is InChI=1S/C27H20ClFN4O5/c1-37-23-12-16(10-19(28)25(23)38-15-18-7-3-2-6-17(18)13-30)11-22-26(35)33(27(36)32-22)14-24(34)31-21-9-5-4-8-20(21)29/h2-12H,14-15H2,1H3,(H,31,34)(H,32,36)/b22-11+. The van der Waals surface area contributed by atoms with Gasteiger partial charge in [0, 0.05) is 5.56 Å². The van der Waals surface area contributed by atoms with Crippen LogP contribution in [0.2, 0.25) is 5.02 Å². The molecule has 2 N–H and O–H groups in total. The molecule has 1 aliphatic heterocycles. The number of carbonyl (C=O) groups is 3. The molecule has 1 fully saturated rings. The Balaban J connectivity index is 1.49. The van der Waals surface area contributed by atoms with E-state index in [0.29, 0.717) is 21.6 Å². The smallest absolute Gasteiger partial charge is 0.329 e. The molecule has 9 nitrogen and oxygen atoms in total. The van der Waals surface area contributed by atoms with Crippen LogP contribution in [0.3, 0.4) is 0 Å². The van der Waals surface area contributed by atoms with E-state index in [1.54, 1.807) is 30.3 Å². The van der Waals surface area contributed by atoms with Gasteiger partial charge in [0.1, 0.15) is 24.7 Å². The second-order valence-corrected chi connectivity index (χ2v) is 8.41. The fourth-order valence-electron chi connectivity index (χ4n) is 3.65. The van der Waals surface area contributed by atoms with E-state index in [1.165, 1.54) is 43.5 Å². The van der Waals surface area contributed by atoms with Gasteiger partial charge in [-0.2, -0.15) is 5.26 Å². The number of nitrogens with zero attached hydrogens (tertiary/aromatic N) is 2. The van der Waals surface area contributed by atoms with Gasteiger partial charge in [-0.1, -0.05) is 41.9 Å². The number of rotatable bonds is 8. The summed E-state index contributed by atoms with van der Waals surface area (Å²) in [6, 6.07) is 16.8. The first-order valence-corrected chi connectivity index (χ1v) is 11.6. The first-order valence-electron chi connectivity index (χ1n) is 11.2. The number of carbonyl (C=O) groups excluding carboxylic acids is 3. The Hall–Kier alpha value is -4.88. The summed E-state index contributed by atoms with van der Waals surface area (Å²) in [7, 11) is 1.41. The number of para-hydroxylation sites is 1. The maximum atomic E-state index is 13.8. The Morgan fingerprint density at radius 3 is 2.66 bits per heavy atom. The summed E-state index contributed by atoms with van der Waals surface area (Å²) < 4.78 is 25.0. The van der Waals surface area contributed by atoms with Gasteiger partial charge in [0.25, 0.3) is 5.91 Å². The number of nitrogens with one attached hydrogen (secondary N) is 2. The molecule has 1 aliphatic rings. The number of ether oxygens (including phenoxy) is 2. The van der Waals surface area contributed by atoms with Crippen molar-refractivity contribution >= 4 is 41.2 Å². The van der Waals surface area contributed by atoms with Gasteiger partial charge in [0.2, 0.25) is 5.91 Å². The highest BCUT2D eigenvalue weighted by atomic mass is 35.5. The minimum atomic E-state index is -0.806. The molecule has 4 rings (SSSR count). The first kappa shape index (κ1) is 26.2. The van der Waals surface area contributed by atoms with E-state index in [1.807, 2.05) is 0 Å². The van der Waals surface area contributed by atoms with Crippen molar-refractivity contribution in [3.05, 3.63) is 93.9 Å². The predicted octanol–water partition coefficient (Wildman–Crippen LogP) is 4.47. The van der Waals surface area contributed by atoms with Crippen molar-refractivity contribution in [2.24, 2.45) is 0 Å². The van der Waals surface area contributed by atoms with Crippen molar-refractivity contribution in [1.82, 2.24) is 10.2 Å². The molecule has 11 heteroatoms. The van der Waals surface area contributed by atoms with Crippen LogP contribution in [0.1, 0.15) is 16.7 Å². The van der Waals surface area contributed by atoms with Crippen LogP contribution in [0.25, 0.3) is 6.08 Å². The molecule has 0 spiro atoms. The predicted molar refractivity (Wildman–Crippen MR) is 137 cm³/mol. The van der Waals surface area contributed by atoms with Gasteiger partial charge in [-0.3, -0.25) is 9.59 Å². The molecule has 192 valence electrons. The summed E-state index contributed by atoms with van der Waals surface area (Å²) in [6.45, 7) is -0.546. The van der Waals surface area contributed by atoms with Crippen LogP contribution in [0.15, 0.2) is 66.4 Å². The van der Waals surface area contributed by atoms with E-state index < -0.39 is 30.2 Å². The van der Waals surface area contributed by atoms with Crippen LogP contribution in [0.4, 0.5) is 14.9 Å². The maximum Gasteiger partial charge on any atom is 0.329 e. The molecule has 0 unspecified atom stereocenters. The SMILES string of the molecule is COc1cc(/C=C2/NC(=O)N(CC(=O)Nc3ccccc3F)C2=O)cc(Cl)c1OCc1ccccc1C#N. The van der Waals surface area contributed by atoms with Crippen molar-refractivity contribution < 1.29 is 28.2 Å². The minimum Gasteiger partial charge on any atom is -0.493 e. The summed E-state index contributed by atoms with van der Waals surface area (Å²) in [5, 5.41) is 14.2. The Kier molecular flexibility index (Phi) is 7.89. The van der Waals surface area contributed by atoms with Gasteiger partial charge >= 0.3 is 6.03 Å². The maximum absolute atomic E-state index is 13.8. The Bertz CT molecular complexity index is 1500. The van der Waals surface area contributed by atoms with Crippen molar-refractivity contribution in [2.45, 2.75) is 6.61 Å². The molecule has 0 aliphatic carbocycles. The molecule has 0 atom stereocenters. The van der Waals surface area contributed by atoms with E-state index in [-0.39, 0.29) is 34.5 Å². The molecule has 3 aromatic carbocycles. The average Bonchev–Trinajstić information content (AvgIpc) is 3.16.